The molecule has 0 N–H and O–H groups in total. The molecule has 0 aromatic heterocycles. The Bertz CT molecular complexity index is 1070. The first-order valence-electron chi connectivity index (χ1n) is 10.8. The first-order chi connectivity index (χ1) is 16.1. The van der Waals surface area contributed by atoms with Crippen LogP contribution < -0.4 is 0 Å². The van der Waals surface area contributed by atoms with Crippen LogP contribution in [0, 0.1) is 0 Å². The van der Waals surface area contributed by atoms with Crippen LogP contribution in [0.5, 0.6) is 0 Å². The van der Waals surface area contributed by atoms with Gasteiger partial charge in [0.2, 0.25) is 0 Å². The van der Waals surface area contributed by atoms with Crippen LogP contribution >= 0.6 is 0 Å². The van der Waals surface area contributed by atoms with Crippen molar-refractivity contribution in [3.8, 4) is 0 Å². The SMILES string of the molecule is FC(F)(F)c1cc(COC2(c3ccccc3)CCN(Cc3ccccc3)C2)cc(C(F)(F)F)c1. The highest BCUT2D eigenvalue weighted by atomic mass is 19.4. The summed E-state index contributed by atoms with van der Waals surface area (Å²) >= 11 is 0. The Morgan fingerprint density at radius 3 is 1.85 bits per heavy atom. The summed E-state index contributed by atoms with van der Waals surface area (Å²) in [5.41, 5.74) is -1.74. The lowest BCUT2D eigenvalue weighted by Crippen LogP contribution is -2.33. The lowest BCUT2D eigenvalue weighted by molar-refractivity contribution is -0.143. The van der Waals surface area contributed by atoms with Crippen LogP contribution in [0.4, 0.5) is 26.3 Å². The fourth-order valence-electron chi connectivity index (χ4n) is 4.34. The Hall–Kier alpha value is -2.84. The second kappa shape index (κ2) is 9.43. The van der Waals surface area contributed by atoms with Crippen LogP contribution in [0.25, 0.3) is 0 Å². The second-order valence-corrected chi connectivity index (χ2v) is 8.51. The van der Waals surface area contributed by atoms with Gasteiger partial charge < -0.3 is 4.74 Å². The molecule has 0 bridgehead atoms. The van der Waals surface area contributed by atoms with Crippen LogP contribution in [0.3, 0.4) is 0 Å². The maximum Gasteiger partial charge on any atom is 0.416 e. The van der Waals surface area contributed by atoms with Crippen LogP contribution in [-0.4, -0.2) is 18.0 Å². The lowest BCUT2D eigenvalue weighted by atomic mass is 9.92. The molecule has 2 nitrogen and oxygen atoms in total. The van der Waals surface area contributed by atoms with E-state index in [1.54, 1.807) is 0 Å². The Balaban J connectivity index is 1.60. The van der Waals surface area contributed by atoms with Gasteiger partial charge in [0.15, 0.2) is 0 Å². The number of ether oxygens (including phenoxy) is 1. The molecule has 3 aromatic rings. The number of nitrogens with zero attached hydrogens (tertiary/aromatic N) is 1. The molecule has 1 atom stereocenters. The number of alkyl halides is 6. The van der Waals surface area contributed by atoms with Gasteiger partial charge in [-0.05, 0) is 41.3 Å². The van der Waals surface area contributed by atoms with E-state index in [0.29, 0.717) is 26.1 Å². The standard InChI is InChI=1S/C26H23F6NO/c27-25(28,29)22-13-20(14-23(15-22)26(30,31)32)17-34-24(21-9-5-2-6-10-21)11-12-33(18-24)16-19-7-3-1-4-8-19/h1-10,13-15H,11-12,16-18H2. The van der Waals surface area contributed by atoms with Crippen molar-refractivity contribution in [1.82, 2.24) is 4.90 Å². The predicted molar refractivity (Wildman–Crippen MR) is 116 cm³/mol. The average Bonchev–Trinajstić information content (AvgIpc) is 3.22. The highest BCUT2D eigenvalue weighted by Gasteiger charge is 2.41. The molecular weight excluding hydrogens is 456 g/mol. The van der Waals surface area contributed by atoms with Crippen LogP contribution in [0.15, 0.2) is 78.9 Å². The first-order valence-corrected chi connectivity index (χ1v) is 10.8. The van der Waals surface area contributed by atoms with Gasteiger partial charge in [0.25, 0.3) is 0 Å². The number of rotatable bonds is 6. The van der Waals surface area contributed by atoms with Crippen LogP contribution in [-0.2, 0) is 35.8 Å². The van der Waals surface area contributed by atoms with Gasteiger partial charge >= 0.3 is 12.4 Å². The van der Waals surface area contributed by atoms with Crippen molar-refractivity contribution < 1.29 is 31.1 Å². The quantitative estimate of drug-likeness (QED) is 0.352. The maximum absolute atomic E-state index is 13.3. The van der Waals surface area contributed by atoms with Crippen molar-refractivity contribution in [1.29, 1.82) is 0 Å². The minimum absolute atomic E-state index is 0.133. The van der Waals surface area contributed by atoms with E-state index in [0.717, 1.165) is 23.3 Å². The van der Waals surface area contributed by atoms with Crippen molar-refractivity contribution in [2.75, 3.05) is 13.1 Å². The minimum atomic E-state index is -4.90. The van der Waals surface area contributed by atoms with Crippen LogP contribution in [0.1, 0.15) is 34.2 Å². The summed E-state index contributed by atoms with van der Waals surface area (Å²) in [5, 5.41) is 0. The van der Waals surface area contributed by atoms with E-state index in [4.69, 9.17) is 4.74 Å². The summed E-state index contributed by atoms with van der Waals surface area (Å²) in [6.45, 7) is 1.44. The van der Waals surface area contributed by atoms with Crippen molar-refractivity contribution in [2.24, 2.45) is 0 Å². The van der Waals surface area contributed by atoms with Gasteiger partial charge in [0, 0.05) is 19.6 Å². The Morgan fingerprint density at radius 2 is 1.29 bits per heavy atom. The fourth-order valence-corrected chi connectivity index (χ4v) is 4.34. The summed E-state index contributed by atoms with van der Waals surface area (Å²) in [6, 6.07) is 20.7. The van der Waals surface area contributed by atoms with E-state index in [9.17, 15) is 26.3 Å². The zero-order chi connectivity index (χ0) is 24.4. The number of hydrogen-bond acceptors (Lipinski definition) is 2. The molecule has 180 valence electrons. The molecular formula is C26H23F6NO. The van der Waals surface area contributed by atoms with Gasteiger partial charge in [0.1, 0.15) is 5.60 Å². The molecule has 0 amide bonds. The summed E-state index contributed by atoms with van der Waals surface area (Å²) < 4.78 is 85.8. The molecule has 4 rings (SSSR count). The molecule has 0 radical (unpaired) electrons. The zero-order valence-corrected chi connectivity index (χ0v) is 18.2. The smallest absolute Gasteiger partial charge is 0.364 e. The zero-order valence-electron chi connectivity index (χ0n) is 18.2. The number of likely N-dealkylation sites (tertiary alicyclic amines) is 1. The number of halogens is 6. The molecule has 34 heavy (non-hydrogen) atoms. The third-order valence-electron chi connectivity index (χ3n) is 6.02. The molecule has 3 aromatic carbocycles. The monoisotopic (exact) mass is 479 g/mol. The predicted octanol–water partition coefficient (Wildman–Crippen LogP) is 7.04. The molecule has 1 aliphatic rings. The third-order valence-corrected chi connectivity index (χ3v) is 6.02. The summed E-state index contributed by atoms with van der Waals surface area (Å²) in [5.74, 6) is 0. The topological polar surface area (TPSA) is 12.5 Å². The molecule has 1 heterocycles. The van der Waals surface area contributed by atoms with E-state index < -0.39 is 29.1 Å². The van der Waals surface area contributed by atoms with E-state index >= 15 is 0 Å². The fraction of sp³-hybridized carbons (Fsp3) is 0.308. The van der Waals surface area contributed by atoms with Crippen molar-refractivity contribution in [3.63, 3.8) is 0 Å². The van der Waals surface area contributed by atoms with E-state index in [1.165, 1.54) is 0 Å². The Morgan fingerprint density at radius 1 is 0.735 bits per heavy atom. The lowest BCUT2D eigenvalue weighted by Gasteiger charge is -2.31. The van der Waals surface area contributed by atoms with Crippen LogP contribution in [0.2, 0.25) is 0 Å². The molecule has 0 aliphatic carbocycles. The molecule has 0 spiro atoms. The number of benzene rings is 3. The van der Waals surface area contributed by atoms with Crippen molar-refractivity contribution in [2.45, 2.75) is 37.5 Å². The molecule has 1 fully saturated rings. The van der Waals surface area contributed by atoms with Gasteiger partial charge in [-0.1, -0.05) is 60.7 Å². The molecule has 0 saturated carbocycles. The van der Waals surface area contributed by atoms with Gasteiger partial charge in [-0.2, -0.15) is 26.3 Å². The normalized spacial score (nSPS) is 19.5. The highest BCUT2D eigenvalue weighted by Crippen LogP contribution is 2.39. The first kappa shape index (κ1) is 24.3. The molecule has 1 saturated heterocycles. The van der Waals surface area contributed by atoms with Crippen molar-refractivity contribution >= 4 is 0 Å². The Kier molecular flexibility index (Phi) is 6.73. The van der Waals surface area contributed by atoms with Gasteiger partial charge in [0.05, 0.1) is 17.7 Å². The highest BCUT2D eigenvalue weighted by molar-refractivity contribution is 5.34. The summed E-state index contributed by atoms with van der Waals surface area (Å²) in [4.78, 5) is 2.18. The van der Waals surface area contributed by atoms with E-state index in [-0.39, 0.29) is 18.2 Å². The minimum Gasteiger partial charge on any atom is -0.364 e. The third kappa shape index (κ3) is 5.62. The van der Waals surface area contributed by atoms with Gasteiger partial charge in [-0.3, -0.25) is 4.90 Å². The van der Waals surface area contributed by atoms with E-state index in [1.807, 2.05) is 60.7 Å². The molecule has 8 heteroatoms. The molecule has 1 unspecified atom stereocenters. The van der Waals surface area contributed by atoms with E-state index in [2.05, 4.69) is 4.90 Å². The second-order valence-electron chi connectivity index (χ2n) is 8.51. The maximum atomic E-state index is 13.3. The van der Waals surface area contributed by atoms with Crippen molar-refractivity contribution in [3.05, 3.63) is 107 Å². The Labute approximate surface area is 193 Å². The van der Waals surface area contributed by atoms with Gasteiger partial charge in [-0.25, -0.2) is 0 Å². The summed E-state index contributed by atoms with van der Waals surface area (Å²) in [7, 11) is 0. The summed E-state index contributed by atoms with van der Waals surface area (Å²) in [6.07, 6.45) is -9.23. The molecule has 1 aliphatic heterocycles. The largest absolute Gasteiger partial charge is 0.416 e. The average molecular weight is 479 g/mol. The number of hydrogen-bond donors (Lipinski definition) is 0. The van der Waals surface area contributed by atoms with Gasteiger partial charge in [-0.15, -0.1) is 0 Å².